The quantitative estimate of drug-likeness (QED) is 0.428. The Kier molecular flexibility index (Phi) is 9.73. The number of ether oxygens (including phenoxy) is 1. The second kappa shape index (κ2) is 11.1. The zero-order valence-electron chi connectivity index (χ0n) is 13.1. The highest BCUT2D eigenvalue weighted by atomic mass is 16.6. The number of hydrogen-bond acceptors (Lipinski definition) is 3. The van der Waals surface area contributed by atoms with Gasteiger partial charge in [0.1, 0.15) is 6.10 Å². The van der Waals surface area contributed by atoms with Gasteiger partial charge in [-0.1, -0.05) is 71.1 Å². The number of esters is 1. The maximum atomic E-state index is 11.0. The zero-order chi connectivity index (χ0) is 14.6. The number of carbonyl (C=O) groups is 1. The first-order valence-corrected chi connectivity index (χ1v) is 8.61. The summed E-state index contributed by atoms with van der Waals surface area (Å²) in [6, 6.07) is 0. The van der Waals surface area contributed by atoms with Crippen molar-refractivity contribution in [2.24, 2.45) is 0 Å². The molecule has 0 amide bonds. The first kappa shape index (κ1) is 17.5. The number of aliphatic hydroxyl groups is 1. The molecule has 20 heavy (non-hydrogen) atoms. The summed E-state index contributed by atoms with van der Waals surface area (Å²) in [6.07, 6.45) is 14.3. The second-order valence-electron chi connectivity index (χ2n) is 6.10. The van der Waals surface area contributed by atoms with E-state index in [1.165, 1.54) is 57.8 Å². The molecule has 1 unspecified atom stereocenters. The van der Waals surface area contributed by atoms with Crippen LogP contribution < -0.4 is 0 Å². The molecule has 1 aliphatic heterocycles. The minimum atomic E-state index is -0.449. The molecule has 1 heterocycles. The van der Waals surface area contributed by atoms with E-state index in [-0.39, 0.29) is 12.1 Å². The van der Waals surface area contributed by atoms with E-state index in [1.807, 2.05) is 0 Å². The fourth-order valence-corrected chi connectivity index (χ4v) is 2.84. The van der Waals surface area contributed by atoms with Crippen LogP contribution >= 0.6 is 0 Å². The highest BCUT2D eigenvalue weighted by Gasteiger charge is 2.29. The van der Waals surface area contributed by atoms with Crippen molar-refractivity contribution in [2.75, 3.05) is 0 Å². The van der Waals surface area contributed by atoms with Gasteiger partial charge in [-0.25, -0.2) is 0 Å². The zero-order valence-corrected chi connectivity index (χ0v) is 13.1. The van der Waals surface area contributed by atoms with Gasteiger partial charge < -0.3 is 9.84 Å². The molecule has 118 valence electrons. The second-order valence-corrected chi connectivity index (χ2v) is 6.10. The average Bonchev–Trinajstić information content (AvgIpc) is 2.87. The molecule has 3 heteroatoms. The number of aliphatic hydroxyl groups excluding tert-OH is 1. The monoisotopic (exact) mass is 284 g/mol. The van der Waals surface area contributed by atoms with Crippen molar-refractivity contribution in [1.29, 1.82) is 0 Å². The molecule has 2 atom stereocenters. The number of unbranched alkanes of at least 4 members (excludes halogenated alkanes) is 9. The Morgan fingerprint density at radius 1 is 1.05 bits per heavy atom. The average molecular weight is 284 g/mol. The van der Waals surface area contributed by atoms with Gasteiger partial charge in [0.25, 0.3) is 0 Å². The van der Waals surface area contributed by atoms with Crippen molar-refractivity contribution in [3.63, 3.8) is 0 Å². The summed E-state index contributed by atoms with van der Waals surface area (Å²) in [5.41, 5.74) is 0. The van der Waals surface area contributed by atoms with E-state index in [0.717, 1.165) is 12.8 Å². The summed E-state index contributed by atoms with van der Waals surface area (Å²) in [6.45, 7) is 2.25. The van der Waals surface area contributed by atoms with Gasteiger partial charge in [0.2, 0.25) is 0 Å². The van der Waals surface area contributed by atoms with E-state index in [4.69, 9.17) is 4.74 Å². The first-order chi connectivity index (χ1) is 9.74. The Morgan fingerprint density at radius 3 is 2.10 bits per heavy atom. The van der Waals surface area contributed by atoms with Crippen molar-refractivity contribution in [1.82, 2.24) is 0 Å². The Labute approximate surface area is 124 Å². The molecule has 0 saturated carbocycles. The smallest absolute Gasteiger partial charge is 0.306 e. The van der Waals surface area contributed by atoms with Crippen molar-refractivity contribution in [3.8, 4) is 0 Å². The lowest BCUT2D eigenvalue weighted by atomic mass is 10.0. The van der Waals surface area contributed by atoms with E-state index in [1.54, 1.807) is 0 Å². The van der Waals surface area contributed by atoms with Crippen LogP contribution in [0.15, 0.2) is 0 Å². The maximum absolute atomic E-state index is 11.0. The fourth-order valence-electron chi connectivity index (χ4n) is 2.84. The summed E-state index contributed by atoms with van der Waals surface area (Å²) < 4.78 is 5.08. The van der Waals surface area contributed by atoms with Crippen molar-refractivity contribution >= 4 is 5.97 Å². The fraction of sp³-hybridized carbons (Fsp3) is 0.941. The lowest BCUT2D eigenvalue weighted by molar-refractivity contribution is -0.145. The van der Waals surface area contributed by atoms with Gasteiger partial charge in [0, 0.05) is 6.42 Å². The third kappa shape index (κ3) is 7.88. The van der Waals surface area contributed by atoms with Gasteiger partial charge in [0.05, 0.1) is 6.10 Å². The van der Waals surface area contributed by atoms with Gasteiger partial charge >= 0.3 is 5.97 Å². The molecule has 0 aromatic carbocycles. The summed E-state index contributed by atoms with van der Waals surface area (Å²) in [5, 5.41) is 9.91. The molecular formula is C17H32O3. The van der Waals surface area contributed by atoms with Crippen molar-refractivity contribution in [2.45, 2.75) is 103 Å². The van der Waals surface area contributed by atoms with Crippen molar-refractivity contribution < 1.29 is 14.6 Å². The van der Waals surface area contributed by atoms with Gasteiger partial charge in [0.15, 0.2) is 0 Å². The van der Waals surface area contributed by atoms with Crippen LogP contribution in [0.4, 0.5) is 0 Å². The van der Waals surface area contributed by atoms with E-state index >= 15 is 0 Å². The number of carbonyl (C=O) groups excluding carboxylic acids is 1. The van der Waals surface area contributed by atoms with Crippen LogP contribution in [-0.4, -0.2) is 23.3 Å². The Morgan fingerprint density at radius 2 is 1.60 bits per heavy atom. The van der Waals surface area contributed by atoms with Crippen LogP contribution in [0.1, 0.15) is 90.4 Å². The molecule has 0 radical (unpaired) electrons. The lowest BCUT2D eigenvalue weighted by Gasteiger charge is -2.16. The number of cyclic esters (lactones) is 1. The highest BCUT2D eigenvalue weighted by molar-refractivity contribution is 5.71. The molecular weight excluding hydrogens is 252 g/mol. The number of rotatable bonds is 12. The van der Waals surface area contributed by atoms with Crippen LogP contribution in [0, 0.1) is 0 Å². The molecule has 1 N–H and O–H groups in total. The maximum Gasteiger partial charge on any atom is 0.306 e. The van der Waals surface area contributed by atoms with E-state index in [0.29, 0.717) is 12.8 Å². The predicted molar refractivity (Wildman–Crippen MR) is 81.6 cm³/mol. The van der Waals surface area contributed by atoms with Crippen LogP contribution in [-0.2, 0) is 9.53 Å². The van der Waals surface area contributed by atoms with Gasteiger partial charge in [-0.2, -0.15) is 0 Å². The molecule has 1 rings (SSSR count). The molecule has 0 aromatic heterocycles. The Balaban J connectivity index is 1.83. The summed E-state index contributed by atoms with van der Waals surface area (Å²) >= 11 is 0. The molecule has 0 aromatic rings. The molecule has 1 saturated heterocycles. The topological polar surface area (TPSA) is 46.5 Å². The third-order valence-corrected chi connectivity index (χ3v) is 4.20. The van der Waals surface area contributed by atoms with E-state index in [9.17, 15) is 9.90 Å². The first-order valence-electron chi connectivity index (χ1n) is 8.61. The Hall–Kier alpha value is -0.570. The lowest BCUT2D eigenvalue weighted by Crippen LogP contribution is -2.25. The molecule has 0 aliphatic carbocycles. The molecule has 0 bridgehead atoms. The SMILES string of the molecule is CCCCCCCCCCCCC(O)[C@@H]1CCC(=O)O1. The third-order valence-electron chi connectivity index (χ3n) is 4.20. The van der Waals surface area contributed by atoms with Crippen LogP contribution in [0.5, 0.6) is 0 Å². The van der Waals surface area contributed by atoms with Crippen molar-refractivity contribution in [3.05, 3.63) is 0 Å². The molecule has 0 spiro atoms. The summed E-state index contributed by atoms with van der Waals surface area (Å²) in [4.78, 5) is 11.0. The molecule has 1 aliphatic rings. The van der Waals surface area contributed by atoms with Gasteiger partial charge in [-0.05, 0) is 12.8 Å². The van der Waals surface area contributed by atoms with E-state index in [2.05, 4.69) is 6.92 Å². The largest absolute Gasteiger partial charge is 0.460 e. The number of hydrogen-bond donors (Lipinski definition) is 1. The normalized spacial score (nSPS) is 20.1. The van der Waals surface area contributed by atoms with Gasteiger partial charge in [-0.3, -0.25) is 4.79 Å². The molecule has 3 nitrogen and oxygen atoms in total. The predicted octanol–water partition coefficient (Wildman–Crippen LogP) is 4.36. The minimum Gasteiger partial charge on any atom is -0.460 e. The van der Waals surface area contributed by atoms with E-state index < -0.39 is 6.10 Å². The minimum absolute atomic E-state index is 0.155. The molecule has 1 fully saturated rings. The van der Waals surface area contributed by atoms with Crippen LogP contribution in [0.2, 0.25) is 0 Å². The van der Waals surface area contributed by atoms with Crippen LogP contribution in [0.3, 0.4) is 0 Å². The summed E-state index contributed by atoms with van der Waals surface area (Å²) in [5.74, 6) is -0.155. The standard InChI is InChI=1S/C17H32O3/c1-2-3-4-5-6-7-8-9-10-11-12-15(18)16-13-14-17(19)20-16/h15-16,18H,2-14H2,1H3/t15?,16-/m0/s1. The Bertz CT molecular complexity index is 253. The van der Waals surface area contributed by atoms with Gasteiger partial charge in [-0.15, -0.1) is 0 Å². The van der Waals surface area contributed by atoms with Crippen LogP contribution in [0.25, 0.3) is 0 Å². The summed E-state index contributed by atoms with van der Waals surface area (Å²) in [7, 11) is 0. The highest BCUT2D eigenvalue weighted by Crippen LogP contribution is 2.20.